The van der Waals surface area contributed by atoms with Gasteiger partial charge in [0.25, 0.3) is 0 Å². The molecule has 1 N–H and O–H groups in total. The van der Waals surface area contributed by atoms with Crippen molar-refractivity contribution in [2.24, 2.45) is 0 Å². The zero-order valence-electron chi connectivity index (χ0n) is 15.3. The van der Waals surface area contributed by atoms with Crippen LogP contribution in [0.25, 0.3) is 22.4 Å². The molecule has 2 aliphatic rings. The van der Waals surface area contributed by atoms with Crippen LogP contribution >= 0.6 is 0 Å². The third-order valence-corrected chi connectivity index (χ3v) is 5.70. The number of benzene rings is 2. The van der Waals surface area contributed by atoms with Gasteiger partial charge in [0.15, 0.2) is 0 Å². The average Bonchev–Trinajstić information content (AvgIpc) is 3.07. The predicted molar refractivity (Wildman–Crippen MR) is 109 cm³/mol. The Hall–Kier alpha value is -2.65. The summed E-state index contributed by atoms with van der Waals surface area (Å²) in [7, 11) is 0. The highest BCUT2D eigenvalue weighted by atomic mass is 16.5. The van der Waals surface area contributed by atoms with E-state index in [0.717, 1.165) is 35.5 Å². The van der Waals surface area contributed by atoms with Crippen LogP contribution in [0.2, 0.25) is 0 Å². The molecule has 0 aliphatic carbocycles. The first-order chi connectivity index (χ1) is 13.3. The van der Waals surface area contributed by atoms with E-state index in [1.807, 2.05) is 12.1 Å². The molecule has 2 bridgehead atoms. The van der Waals surface area contributed by atoms with Gasteiger partial charge >= 0.3 is 0 Å². The van der Waals surface area contributed by atoms with E-state index in [0.29, 0.717) is 12.1 Å². The maximum absolute atomic E-state index is 6.41. The number of aromatic nitrogens is 1. The molecule has 2 unspecified atom stereocenters. The van der Waals surface area contributed by atoms with Gasteiger partial charge in [0.05, 0.1) is 5.69 Å². The quantitative estimate of drug-likeness (QED) is 0.708. The molecule has 3 aromatic rings. The second-order valence-corrected chi connectivity index (χ2v) is 7.66. The Morgan fingerprint density at radius 1 is 0.741 bits per heavy atom. The summed E-state index contributed by atoms with van der Waals surface area (Å²) in [5, 5.41) is 3.68. The molecule has 136 valence electrons. The van der Waals surface area contributed by atoms with Crippen molar-refractivity contribution in [3.05, 3.63) is 72.8 Å². The third-order valence-electron chi connectivity index (χ3n) is 5.70. The van der Waals surface area contributed by atoms with E-state index in [4.69, 9.17) is 9.72 Å². The highest BCUT2D eigenvalue weighted by molar-refractivity contribution is 5.71. The normalized spacial score (nSPS) is 23.9. The molecule has 2 fully saturated rings. The van der Waals surface area contributed by atoms with E-state index in [-0.39, 0.29) is 6.10 Å². The summed E-state index contributed by atoms with van der Waals surface area (Å²) in [6.45, 7) is 0. The van der Waals surface area contributed by atoms with Crippen molar-refractivity contribution in [3.63, 3.8) is 0 Å². The Bertz CT molecular complexity index is 840. The first kappa shape index (κ1) is 16.5. The van der Waals surface area contributed by atoms with Gasteiger partial charge in [0, 0.05) is 23.7 Å². The molecular weight excluding hydrogens is 332 g/mol. The van der Waals surface area contributed by atoms with Crippen molar-refractivity contribution in [2.45, 2.75) is 43.9 Å². The van der Waals surface area contributed by atoms with Crippen LogP contribution in [0.5, 0.6) is 5.88 Å². The van der Waals surface area contributed by atoms with Crippen LogP contribution in [-0.2, 0) is 0 Å². The van der Waals surface area contributed by atoms with Crippen molar-refractivity contribution in [3.8, 4) is 28.3 Å². The SMILES string of the molecule is c1ccc(-c2cc(OC3CC4CCC(C3)N4)nc(-c3ccccc3)c2)cc1. The van der Waals surface area contributed by atoms with Crippen LogP contribution in [0, 0.1) is 0 Å². The first-order valence-corrected chi connectivity index (χ1v) is 9.89. The lowest BCUT2D eigenvalue weighted by atomic mass is 10.0. The molecule has 0 saturated carbocycles. The summed E-state index contributed by atoms with van der Waals surface area (Å²) >= 11 is 0. The fraction of sp³-hybridized carbons (Fsp3) is 0.292. The molecule has 2 atom stereocenters. The number of piperidine rings is 1. The van der Waals surface area contributed by atoms with Gasteiger partial charge in [-0.05, 0) is 42.9 Å². The van der Waals surface area contributed by atoms with Gasteiger partial charge in [0.2, 0.25) is 5.88 Å². The summed E-state index contributed by atoms with van der Waals surface area (Å²) in [6.07, 6.45) is 4.96. The van der Waals surface area contributed by atoms with Gasteiger partial charge in [-0.25, -0.2) is 4.98 Å². The zero-order valence-corrected chi connectivity index (χ0v) is 15.3. The largest absolute Gasteiger partial charge is 0.474 e. The van der Waals surface area contributed by atoms with Gasteiger partial charge in [-0.3, -0.25) is 0 Å². The number of nitrogens with one attached hydrogen (secondary N) is 1. The number of nitrogens with zero attached hydrogens (tertiary/aromatic N) is 1. The molecule has 0 spiro atoms. The lowest BCUT2D eigenvalue weighted by Crippen LogP contribution is -2.42. The molecule has 3 heterocycles. The summed E-state index contributed by atoms with van der Waals surface area (Å²) in [5.74, 6) is 0.738. The Morgan fingerprint density at radius 3 is 2.04 bits per heavy atom. The monoisotopic (exact) mass is 356 g/mol. The fourth-order valence-corrected chi connectivity index (χ4v) is 4.39. The van der Waals surface area contributed by atoms with Gasteiger partial charge in [-0.1, -0.05) is 60.7 Å². The molecule has 27 heavy (non-hydrogen) atoms. The number of fused-ring (bicyclic) bond motifs is 2. The van der Waals surface area contributed by atoms with Crippen molar-refractivity contribution >= 4 is 0 Å². The van der Waals surface area contributed by atoms with Crippen LogP contribution in [0.4, 0.5) is 0 Å². The fourth-order valence-electron chi connectivity index (χ4n) is 4.39. The smallest absolute Gasteiger partial charge is 0.214 e. The van der Waals surface area contributed by atoms with Crippen molar-refractivity contribution in [2.75, 3.05) is 0 Å². The van der Waals surface area contributed by atoms with Gasteiger partial charge in [-0.15, -0.1) is 0 Å². The molecule has 2 saturated heterocycles. The molecule has 5 rings (SSSR count). The van der Waals surface area contributed by atoms with Crippen LogP contribution in [-0.4, -0.2) is 23.2 Å². The minimum absolute atomic E-state index is 0.255. The number of rotatable bonds is 4. The lowest BCUT2D eigenvalue weighted by Gasteiger charge is -2.29. The van der Waals surface area contributed by atoms with E-state index in [1.165, 1.54) is 18.4 Å². The number of pyridine rings is 1. The number of hydrogen-bond acceptors (Lipinski definition) is 3. The second-order valence-electron chi connectivity index (χ2n) is 7.66. The number of hydrogen-bond donors (Lipinski definition) is 1. The van der Waals surface area contributed by atoms with Crippen LogP contribution in [0.15, 0.2) is 72.8 Å². The summed E-state index contributed by atoms with van der Waals surface area (Å²) in [6, 6.07) is 26.3. The standard InChI is InChI=1S/C24H24N2O/c1-3-7-17(8-4-1)19-13-23(18-9-5-2-6-10-18)26-24(14-19)27-22-15-20-11-12-21(16-22)25-20/h1-10,13-14,20-22,25H,11-12,15-16H2. The van der Waals surface area contributed by atoms with Crippen molar-refractivity contribution in [1.82, 2.24) is 10.3 Å². The molecule has 2 aromatic carbocycles. The first-order valence-electron chi connectivity index (χ1n) is 9.89. The zero-order chi connectivity index (χ0) is 18.1. The lowest BCUT2D eigenvalue weighted by molar-refractivity contribution is 0.132. The Labute approximate surface area is 160 Å². The number of ether oxygens (including phenoxy) is 1. The molecule has 3 heteroatoms. The van der Waals surface area contributed by atoms with Crippen molar-refractivity contribution in [1.29, 1.82) is 0 Å². The van der Waals surface area contributed by atoms with Gasteiger partial charge < -0.3 is 10.1 Å². The maximum atomic E-state index is 6.41. The Balaban J connectivity index is 1.50. The molecule has 1 aromatic heterocycles. The predicted octanol–water partition coefficient (Wildman–Crippen LogP) is 5.08. The molecule has 2 aliphatic heterocycles. The Kier molecular flexibility index (Phi) is 4.38. The second kappa shape index (κ2) is 7.16. The van der Waals surface area contributed by atoms with E-state index in [1.54, 1.807) is 0 Å². The molecule has 3 nitrogen and oxygen atoms in total. The van der Waals surface area contributed by atoms with E-state index in [2.05, 4.69) is 66.0 Å². The van der Waals surface area contributed by atoms with E-state index in [9.17, 15) is 0 Å². The van der Waals surface area contributed by atoms with E-state index >= 15 is 0 Å². The minimum Gasteiger partial charge on any atom is -0.474 e. The topological polar surface area (TPSA) is 34.1 Å². The van der Waals surface area contributed by atoms with Gasteiger partial charge in [-0.2, -0.15) is 0 Å². The summed E-state index contributed by atoms with van der Waals surface area (Å²) in [5.41, 5.74) is 4.41. The highest BCUT2D eigenvalue weighted by Crippen LogP contribution is 2.32. The molecule has 0 amide bonds. The summed E-state index contributed by atoms with van der Waals surface area (Å²) < 4.78 is 6.41. The summed E-state index contributed by atoms with van der Waals surface area (Å²) in [4.78, 5) is 4.85. The molecule has 0 radical (unpaired) electrons. The van der Waals surface area contributed by atoms with Crippen LogP contribution in [0.1, 0.15) is 25.7 Å². The van der Waals surface area contributed by atoms with Crippen molar-refractivity contribution < 1.29 is 4.74 Å². The van der Waals surface area contributed by atoms with E-state index < -0.39 is 0 Å². The average molecular weight is 356 g/mol. The third kappa shape index (κ3) is 3.60. The minimum atomic E-state index is 0.255. The Morgan fingerprint density at radius 2 is 1.37 bits per heavy atom. The maximum Gasteiger partial charge on any atom is 0.214 e. The van der Waals surface area contributed by atoms with Gasteiger partial charge in [0.1, 0.15) is 6.10 Å². The van der Waals surface area contributed by atoms with Crippen LogP contribution in [0.3, 0.4) is 0 Å². The highest BCUT2D eigenvalue weighted by Gasteiger charge is 2.34. The van der Waals surface area contributed by atoms with Crippen LogP contribution < -0.4 is 10.1 Å². The molecular formula is C24H24N2O.